The number of carbonyl (C=O) groups is 1. The summed E-state index contributed by atoms with van der Waals surface area (Å²) in [5.74, 6) is 0.0511. The van der Waals surface area contributed by atoms with E-state index < -0.39 is 0 Å². The van der Waals surface area contributed by atoms with Crippen molar-refractivity contribution in [1.82, 2.24) is 19.8 Å². The van der Waals surface area contributed by atoms with Crippen molar-refractivity contribution in [1.29, 1.82) is 0 Å². The summed E-state index contributed by atoms with van der Waals surface area (Å²) in [6, 6.07) is 0.549. The molecule has 88 valence electrons. The monoisotopic (exact) mass is 222 g/mol. The van der Waals surface area contributed by atoms with E-state index in [9.17, 15) is 4.79 Å². The van der Waals surface area contributed by atoms with Gasteiger partial charge >= 0.3 is 0 Å². The minimum atomic E-state index is 0.0511. The van der Waals surface area contributed by atoms with Gasteiger partial charge in [-0.2, -0.15) is 0 Å². The number of amides is 1. The van der Waals surface area contributed by atoms with Crippen molar-refractivity contribution in [2.24, 2.45) is 7.05 Å². The van der Waals surface area contributed by atoms with Crippen LogP contribution in [0.25, 0.3) is 0 Å². The number of hydrogen-bond donors (Lipinski definition) is 1. The first-order valence-corrected chi connectivity index (χ1v) is 5.65. The van der Waals surface area contributed by atoms with Crippen molar-refractivity contribution in [3.63, 3.8) is 0 Å². The van der Waals surface area contributed by atoms with Crippen molar-refractivity contribution in [3.8, 4) is 0 Å². The molecule has 1 aliphatic rings. The lowest BCUT2D eigenvalue weighted by Gasteiger charge is -2.31. The molecule has 16 heavy (non-hydrogen) atoms. The molecule has 5 heteroatoms. The number of nitrogens with one attached hydrogen (secondary N) is 1. The molecule has 2 heterocycles. The minimum Gasteiger partial charge on any atom is -0.340 e. The number of imidazole rings is 1. The predicted molar refractivity (Wildman–Crippen MR) is 61.2 cm³/mol. The van der Waals surface area contributed by atoms with Crippen molar-refractivity contribution >= 4 is 5.91 Å². The molecule has 0 bridgehead atoms. The Morgan fingerprint density at radius 1 is 1.50 bits per heavy atom. The molecule has 0 aromatic carbocycles. The van der Waals surface area contributed by atoms with Crippen LogP contribution in [0.2, 0.25) is 0 Å². The summed E-state index contributed by atoms with van der Waals surface area (Å²) in [5.41, 5.74) is 0.547. The quantitative estimate of drug-likeness (QED) is 0.780. The van der Waals surface area contributed by atoms with E-state index in [4.69, 9.17) is 0 Å². The normalized spacial score (nSPS) is 17.8. The second kappa shape index (κ2) is 4.65. The maximum Gasteiger partial charge on any atom is 0.274 e. The van der Waals surface area contributed by atoms with Gasteiger partial charge in [0, 0.05) is 32.4 Å². The SMILES string of the molecule is CNC1CCN(C(=O)c2cn(C)cn2)CC1. The Hall–Kier alpha value is -1.36. The molecular formula is C11H18N4O. The summed E-state index contributed by atoms with van der Waals surface area (Å²) >= 11 is 0. The number of piperidine rings is 1. The number of hydrogen-bond acceptors (Lipinski definition) is 3. The maximum atomic E-state index is 12.0. The van der Waals surface area contributed by atoms with Crippen LogP contribution in [0.5, 0.6) is 0 Å². The third kappa shape index (κ3) is 2.24. The lowest BCUT2D eigenvalue weighted by molar-refractivity contribution is 0.0702. The largest absolute Gasteiger partial charge is 0.340 e. The summed E-state index contributed by atoms with van der Waals surface area (Å²) in [6.45, 7) is 1.64. The first kappa shape index (κ1) is 11.1. The summed E-state index contributed by atoms with van der Waals surface area (Å²) < 4.78 is 1.80. The zero-order chi connectivity index (χ0) is 11.5. The van der Waals surface area contributed by atoms with Crippen molar-refractivity contribution in [3.05, 3.63) is 18.2 Å². The fourth-order valence-electron chi connectivity index (χ4n) is 2.06. The number of aryl methyl sites for hydroxylation is 1. The molecule has 0 saturated carbocycles. The average molecular weight is 222 g/mol. The average Bonchev–Trinajstić information content (AvgIpc) is 2.75. The second-order valence-electron chi connectivity index (χ2n) is 4.28. The number of rotatable bonds is 2. The highest BCUT2D eigenvalue weighted by atomic mass is 16.2. The Kier molecular flexibility index (Phi) is 3.24. The van der Waals surface area contributed by atoms with Gasteiger partial charge in [0.25, 0.3) is 5.91 Å². The van der Waals surface area contributed by atoms with Gasteiger partial charge in [0.2, 0.25) is 0 Å². The van der Waals surface area contributed by atoms with Gasteiger partial charge in [-0.05, 0) is 19.9 Å². The molecule has 0 radical (unpaired) electrons. The van der Waals surface area contributed by atoms with Gasteiger partial charge < -0.3 is 14.8 Å². The summed E-state index contributed by atoms with van der Waals surface area (Å²) in [4.78, 5) is 18.0. The van der Waals surface area contributed by atoms with Gasteiger partial charge in [-0.15, -0.1) is 0 Å². The van der Waals surface area contributed by atoms with Crippen LogP contribution >= 0.6 is 0 Å². The molecule has 1 aliphatic heterocycles. The molecule has 0 atom stereocenters. The van der Waals surface area contributed by atoms with Gasteiger partial charge in [0.1, 0.15) is 5.69 Å². The number of nitrogens with zero attached hydrogens (tertiary/aromatic N) is 3. The van der Waals surface area contributed by atoms with Gasteiger partial charge in [0.05, 0.1) is 6.33 Å². The van der Waals surface area contributed by atoms with E-state index in [-0.39, 0.29) is 5.91 Å². The molecule has 1 saturated heterocycles. The van der Waals surface area contributed by atoms with Crippen molar-refractivity contribution in [2.75, 3.05) is 20.1 Å². The number of carbonyl (C=O) groups excluding carboxylic acids is 1. The molecule has 0 aliphatic carbocycles. The van der Waals surface area contributed by atoms with E-state index in [1.165, 1.54) is 0 Å². The smallest absolute Gasteiger partial charge is 0.274 e. The van der Waals surface area contributed by atoms with E-state index >= 15 is 0 Å². The molecule has 2 rings (SSSR count). The highest BCUT2D eigenvalue weighted by molar-refractivity contribution is 5.92. The van der Waals surface area contributed by atoms with Gasteiger partial charge in [-0.3, -0.25) is 4.79 Å². The van der Waals surface area contributed by atoms with Crippen LogP contribution in [0.3, 0.4) is 0 Å². The standard InChI is InChI=1S/C11H18N4O/c1-12-9-3-5-15(6-4-9)11(16)10-7-14(2)8-13-10/h7-9,12H,3-6H2,1-2H3. The predicted octanol–water partition coefficient (Wildman–Crippen LogP) is 0.244. The van der Waals surface area contributed by atoms with Crippen LogP contribution in [0.1, 0.15) is 23.3 Å². The van der Waals surface area contributed by atoms with Crippen LogP contribution in [-0.2, 0) is 7.05 Å². The topological polar surface area (TPSA) is 50.2 Å². The van der Waals surface area contributed by atoms with Gasteiger partial charge in [-0.1, -0.05) is 0 Å². The molecule has 1 aromatic rings. The fraction of sp³-hybridized carbons (Fsp3) is 0.636. The Labute approximate surface area is 95.5 Å². The van der Waals surface area contributed by atoms with Crippen LogP contribution in [0.15, 0.2) is 12.5 Å². The molecule has 5 nitrogen and oxygen atoms in total. The molecule has 1 N–H and O–H groups in total. The van der Waals surface area contributed by atoms with Crippen molar-refractivity contribution < 1.29 is 4.79 Å². The molecule has 1 amide bonds. The molecule has 1 aromatic heterocycles. The zero-order valence-electron chi connectivity index (χ0n) is 9.81. The first-order valence-electron chi connectivity index (χ1n) is 5.65. The molecule has 0 unspecified atom stereocenters. The lowest BCUT2D eigenvalue weighted by Crippen LogP contribution is -2.44. The van der Waals surface area contributed by atoms with E-state index in [0.717, 1.165) is 25.9 Å². The van der Waals surface area contributed by atoms with E-state index in [0.29, 0.717) is 11.7 Å². The zero-order valence-corrected chi connectivity index (χ0v) is 9.81. The Balaban J connectivity index is 1.96. The van der Waals surface area contributed by atoms with E-state index in [1.54, 1.807) is 17.1 Å². The van der Waals surface area contributed by atoms with Crippen LogP contribution < -0.4 is 5.32 Å². The summed E-state index contributed by atoms with van der Waals surface area (Å²) in [7, 11) is 3.85. The summed E-state index contributed by atoms with van der Waals surface area (Å²) in [5, 5.41) is 3.25. The molecule has 0 spiro atoms. The highest BCUT2D eigenvalue weighted by Gasteiger charge is 2.23. The number of likely N-dealkylation sites (tertiary alicyclic amines) is 1. The third-order valence-corrected chi connectivity index (χ3v) is 3.11. The van der Waals surface area contributed by atoms with Gasteiger partial charge in [0.15, 0.2) is 0 Å². The van der Waals surface area contributed by atoms with E-state index in [2.05, 4.69) is 10.3 Å². The Morgan fingerprint density at radius 2 is 2.19 bits per heavy atom. The number of aromatic nitrogens is 2. The first-order chi connectivity index (χ1) is 7.70. The van der Waals surface area contributed by atoms with Crippen LogP contribution in [0, 0.1) is 0 Å². The van der Waals surface area contributed by atoms with E-state index in [1.807, 2.05) is 19.0 Å². The fourth-order valence-corrected chi connectivity index (χ4v) is 2.06. The highest BCUT2D eigenvalue weighted by Crippen LogP contribution is 2.12. The third-order valence-electron chi connectivity index (χ3n) is 3.11. The Bertz CT molecular complexity index is 366. The maximum absolute atomic E-state index is 12.0. The minimum absolute atomic E-state index is 0.0511. The lowest BCUT2D eigenvalue weighted by atomic mass is 10.1. The molecular weight excluding hydrogens is 204 g/mol. The second-order valence-corrected chi connectivity index (χ2v) is 4.28. The molecule has 1 fully saturated rings. The van der Waals surface area contributed by atoms with Crippen molar-refractivity contribution in [2.45, 2.75) is 18.9 Å². The Morgan fingerprint density at radius 3 is 2.69 bits per heavy atom. The summed E-state index contributed by atoms with van der Waals surface area (Å²) in [6.07, 6.45) is 5.48. The van der Waals surface area contributed by atoms with Crippen LogP contribution in [-0.4, -0.2) is 46.5 Å². The van der Waals surface area contributed by atoms with Gasteiger partial charge in [-0.25, -0.2) is 4.98 Å². The van der Waals surface area contributed by atoms with Crippen LogP contribution in [0.4, 0.5) is 0 Å².